The smallest absolute Gasteiger partial charge is 0.229 e. The zero-order valence-electron chi connectivity index (χ0n) is 11.2. The van der Waals surface area contributed by atoms with Gasteiger partial charge in [0.15, 0.2) is 0 Å². The molecule has 6 fully saturated rings. The van der Waals surface area contributed by atoms with E-state index in [1.807, 2.05) is 28.2 Å². The Morgan fingerprint density at radius 2 is 0.889 bits per heavy atom. The Labute approximate surface area is 106 Å². The quantitative estimate of drug-likeness (QED) is 0.683. The summed E-state index contributed by atoms with van der Waals surface area (Å²) in [6.07, 6.45) is 0. The second-order valence-corrected chi connectivity index (χ2v) is 7.42. The summed E-state index contributed by atoms with van der Waals surface area (Å²) in [5.41, 5.74) is 0.0235. The van der Waals surface area contributed by atoms with Gasteiger partial charge in [0.2, 0.25) is 11.8 Å². The molecular formula is C14H18N2O2. The van der Waals surface area contributed by atoms with Crippen molar-refractivity contribution in [2.75, 3.05) is 28.2 Å². The molecule has 0 N–H and O–H groups in total. The van der Waals surface area contributed by atoms with E-state index in [4.69, 9.17) is 0 Å². The molecule has 0 unspecified atom stereocenters. The van der Waals surface area contributed by atoms with Crippen LogP contribution in [0.4, 0.5) is 0 Å². The first kappa shape index (κ1) is 9.82. The van der Waals surface area contributed by atoms with Crippen LogP contribution in [-0.2, 0) is 9.59 Å². The van der Waals surface area contributed by atoms with Crippen molar-refractivity contribution in [3.05, 3.63) is 0 Å². The molecule has 0 radical (unpaired) electrons. The lowest BCUT2D eigenvalue weighted by Crippen LogP contribution is -3.12. The number of hydrogen-bond donors (Lipinski definition) is 0. The minimum absolute atomic E-state index is 0.0117. The van der Waals surface area contributed by atoms with Crippen molar-refractivity contribution < 1.29 is 9.59 Å². The number of carbonyl (C=O) groups is 2. The number of carbonyl (C=O) groups excluding carboxylic acids is 2. The van der Waals surface area contributed by atoms with Crippen LogP contribution < -0.4 is 0 Å². The van der Waals surface area contributed by atoms with Crippen LogP contribution in [0.5, 0.6) is 0 Å². The van der Waals surface area contributed by atoms with Gasteiger partial charge < -0.3 is 9.80 Å². The second kappa shape index (κ2) is 2.12. The van der Waals surface area contributed by atoms with E-state index < -0.39 is 0 Å². The molecule has 0 heterocycles. The highest BCUT2D eigenvalue weighted by Crippen LogP contribution is 3.10. The zero-order valence-corrected chi connectivity index (χ0v) is 11.2. The van der Waals surface area contributed by atoms with Gasteiger partial charge in [-0.3, -0.25) is 9.59 Å². The molecule has 6 saturated carbocycles. The van der Waals surface area contributed by atoms with Crippen LogP contribution in [0.15, 0.2) is 0 Å². The summed E-state index contributed by atoms with van der Waals surface area (Å²) < 4.78 is 0. The summed E-state index contributed by atoms with van der Waals surface area (Å²) in [5.74, 6) is 4.08. The van der Waals surface area contributed by atoms with Crippen LogP contribution in [0.25, 0.3) is 0 Å². The largest absolute Gasteiger partial charge is 0.348 e. The van der Waals surface area contributed by atoms with Crippen LogP contribution in [0, 0.1) is 46.3 Å². The molecule has 6 aliphatic carbocycles. The first-order valence-corrected chi connectivity index (χ1v) is 6.88. The molecule has 0 bridgehead atoms. The first-order valence-electron chi connectivity index (χ1n) is 6.88. The van der Waals surface area contributed by atoms with Gasteiger partial charge in [0.1, 0.15) is 0 Å². The molecule has 0 atom stereocenters. The molecule has 6 aliphatic rings. The lowest BCUT2D eigenvalue weighted by Gasteiger charge is -3.09. The van der Waals surface area contributed by atoms with E-state index in [1.165, 1.54) is 0 Å². The van der Waals surface area contributed by atoms with Crippen molar-refractivity contribution in [2.45, 2.75) is 0 Å². The third-order valence-corrected chi connectivity index (χ3v) is 7.18. The molecule has 96 valence electrons. The van der Waals surface area contributed by atoms with E-state index in [9.17, 15) is 9.59 Å². The summed E-state index contributed by atoms with van der Waals surface area (Å²) in [6.45, 7) is 0. The number of hydrogen-bond acceptors (Lipinski definition) is 2. The molecule has 0 aliphatic heterocycles. The van der Waals surface area contributed by atoms with Crippen LogP contribution in [0.3, 0.4) is 0 Å². The van der Waals surface area contributed by atoms with E-state index in [0.29, 0.717) is 47.3 Å². The van der Waals surface area contributed by atoms with Crippen molar-refractivity contribution in [1.82, 2.24) is 9.80 Å². The van der Waals surface area contributed by atoms with Crippen LogP contribution in [0.1, 0.15) is 0 Å². The Balaban J connectivity index is 1.49. The predicted molar refractivity (Wildman–Crippen MR) is 63.2 cm³/mol. The van der Waals surface area contributed by atoms with Gasteiger partial charge in [-0.1, -0.05) is 0 Å². The number of rotatable bonds is 2. The molecule has 0 saturated heterocycles. The third kappa shape index (κ3) is 0.466. The van der Waals surface area contributed by atoms with E-state index >= 15 is 0 Å². The molecule has 0 spiro atoms. The molecule has 6 rings (SSSR count). The number of nitrogens with zero attached hydrogens (tertiary/aromatic N) is 2. The van der Waals surface area contributed by atoms with Crippen LogP contribution in [-0.4, -0.2) is 49.8 Å². The molecule has 2 amide bonds. The molecule has 0 aromatic heterocycles. The lowest BCUT2D eigenvalue weighted by molar-refractivity contribution is -0.626. The number of amides is 2. The maximum atomic E-state index is 12.4. The molecule has 4 nitrogen and oxygen atoms in total. The van der Waals surface area contributed by atoms with E-state index in [1.54, 1.807) is 9.80 Å². The van der Waals surface area contributed by atoms with Crippen LogP contribution >= 0.6 is 0 Å². The van der Waals surface area contributed by atoms with Gasteiger partial charge in [-0.15, -0.1) is 0 Å². The van der Waals surface area contributed by atoms with Gasteiger partial charge in [-0.25, -0.2) is 0 Å². The highest BCUT2D eigenvalue weighted by atomic mass is 16.2. The Morgan fingerprint density at radius 3 is 1.06 bits per heavy atom. The normalized spacial score (nSPS) is 62.2. The monoisotopic (exact) mass is 246 g/mol. The van der Waals surface area contributed by atoms with Gasteiger partial charge in [0.25, 0.3) is 0 Å². The minimum Gasteiger partial charge on any atom is -0.348 e. The van der Waals surface area contributed by atoms with Crippen molar-refractivity contribution in [3.63, 3.8) is 0 Å². The fourth-order valence-corrected chi connectivity index (χ4v) is 7.16. The highest BCUT2D eigenvalue weighted by molar-refractivity contribution is 6.00. The van der Waals surface area contributed by atoms with Crippen molar-refractivity contribution in [3.8, 4) is 0 Å². The molecule has 18 heavy (non-hydrogen) atoms. The first-order chi connectivity index (χ1) is 8.44. The summed E-state index contributed by atoms with van der Waals surface area (Å²) in [6, 6.07) is 0. The summed E-state index contributed by atoms with van der Waals surface area (Å²) in [5, 5.41) is 0. The summed E-state index contributed by atoms with van der Waals surface area (Å²) in [7, 11) is 7.46. The standard InChI is InChI=1S/C14H18N2O2/c1-15(2)11(17)13-5-8-6(13)10-7(13)9(5)14(8,10)12(18)16(3)4/h5-10H,1-4H3. The Morgan fingerprint density at radius 1 is 0.667 bits per heavy atom. The fraction of sp³-hybridized carbons (Fsp3) is 0.857. The SMILES string of the molecule is CN(C)C(=O)C12C3C4C1C1C2C3C41C(=O)N(C)C. The van der Waals surface area contributed by atoms with Crippen molar-refractivity contribution in [2.24, 2.45) is 46.3 Å². The van der Waals surface area contributed by atoms with Crippen molar-refractivity contribution in [1.29, 1.82) is 0 Å². The predicted octanol–water partition coefficient (Wildman–Crippen LogP) is -0.0992. The Kier molecular flexibility index (Phi) is 1.16. The second-order valence-electron chi connectivity index (χ2n) is 7.42. The zero-order chi connectivity index (χ0) is 12.8. The van der Waals surface area contributed by atoms with Gasteiger partial charge >= 0.3 is 0 Å². The molecular weight excluding hydrogens is 228 g/mol. The third-order valence-electron chi connectivity index (χ3n) is 7.18. The Hall–Kier alpha value is -1.06. The van der Waals surface area contributed by atoms with Crippen molar-refractivity contribution >= 4 is 11.8 Å². The maximum absolute atomic E-state index is 12.4. The minimum atomic E-state index is 0.0117. The summed E-state index contributed by atoms with van der Waals surface area (Å²) in [4.78, 5) is 28.3. The molecule has 4 heteroatoms. The average molecular weight is 246 g/mol. The van der Waals surface area contributed by atoms with E-state index in [0.717, 1.165) is 0 Å². The fourth-order valence-electron chi connectivity index (χ4n) is 7.16. The Bertz CT molecular complexity index is 434. The van der Waals surface area contributed by atoms with Crippen LogP contribution in [0.2, 0.25) is 0 Å². The highest BCUT2D eigenvalue weighted by Gasteiger charge is 3.13. The van der Waals surface area contributed by atoms with Gasteiger partial charge in [-0.2, -0.15) is 0 Å². The molecule has 0 aromatic rings. The lowest BCUT2D eigenvalue weighted by atomic mass is 8.92. The van der Waals surface area contributed by atoms with Gasteiger partial charge in [0.05, 0.1) is 10.8 Å². The van der Waals surface area contributed by atoms with Gasteiger partial charge in [-0.05, 0) is 35.5 Å². The van der Waals surface area contributed by atoms with E-state index in [2.05, 4.69) is 0 Å². The van der Waals surface area contributed by atoms with Gasteiger partial charge in [0, 0.05) is 28.2 Å². The summed E-state index contributed by atoms with van der Waals surface area (Å²) >= 11 is 0. The maximum Gasteiger partial charge on any atom is 0.229 e. The topological polar surface area (TPSA) is 40.6 Å². The van der Waals surface area contributed by atoms with E-state index in [-0.39, 0.29) is 10.8 Å². The average Bonchev–Trinajstić information content (AvgIpc) is 2.36. The molecule has 0 aromatic carbocycles.